The van der Waals surface area contributed by atoms with Crippen molar-refractivity contribution in [1.29, 1.82) is 0 Å². The molecule has 0 aromatic rings. The molecule has 19 heavy (non-hydrogen) atoms. The molecule has 0 atom stereocenters. The van der Waals surface area contributed by atoms with Gasteiger partial charge in [-0.05, 0) is 40.3 Å². The zero-order valence-corrected chi connectivity index (χ0v) is 14.8. The van der Waals surface area contributed by atoms with E-state index in [1.165, 1.54) is 4.90 Å². The number of carbonyl (C=O) groups excluding carboxylic acids is 2. The Morgan fingerprint density at radius 2 is 1.47 bits per heavy atom. The number of ether oxygens (including phenoxy) is 1. The number of amides is 3. The number of hydrogen-bond donors (Lipinski definition) is 0. The van der Waals surface area contributed by atoms with Gasteiger partial charge in [-0.15, -0.1) is 0 Å². The van der Waals surface area contributed by atoms with Crippen molar-refractivity contribution in [2.24, 2.45) is 0 Å². The second-order valence-electron chi connectivity index (χ2n) is 5.47. The molecule has 6 nitrogen and oxygen atoms in total. The maximum absolute atomic E-state index is 11.9. The predicted octanol–water partition coefficient (Wildman–Crippen LogP) is 2.49. The molecule has 1 aliphatic rings. The molecule has 0 aromatic carbocycles. The standard InChI is InChI=1S/C12H23N3O3.Y/c1-12(2,3)18-11(17)15-7-5-4-6-14(8-9-15)10(13)16;/h4-9H2,1-3H3,(H2,13,16);/p-1. The molecule has 0 unspecified atom stereocenters. The summed E-state index contributed by atoms with van der Waals surface area (Å²) in [7, 11) is 0. The summed E-state index contributed by atoms with van der Waals surface area (Å²) < 4.78 is 5.31. The first-order valence-corrected chi connectivity index (χ1v) is 6.28. The van der Waals surface area contributed by atoms with Crippen LogP contribution in [0.2, 0.25) is 0 Å². The van der Waals surface area contributed by atoms with E-state index < -0.39 is 11.6 Å². The van der Waals surface area contributed by atoms with Crippen LogP contribution in [0.5, 0.6) is 0 Å². The third-order valence-corrected chi connectivity index (χ3v) is 2.68. The van der Waals surface area contributed by atoms with Gasteiger partial charge in [-0.25, -0.2) is 4.79 Å². The first kappa shape index (κ1) is 18.6. The van der Waals surface area contributed by atoms with Crippen molar-refractivity contribution in [2.75, 3.05) is 26.2 Å². The fourth-order valence-electron chi connectivity index (χ4n) is 1.78. The Kier molecular flexibility index (Phi) is 7.90. The average Bonchev–Trinajstić information content (AvgIpc) is 2.12. The van der Waals surface area contributed by atoms with E-state index in [-0.39, 0.29) is 38.8 Å². The van der Waals surface area contributed by atoms with Gasteiger partial charge in [0.1, 0.15) is 5.60 Å². The molecule has 0 aliphatic carbocycles. The Balaban J connectivity index is 0.00000324. The summed E-state index contributed by atoms with van der Waals surface area (Å²) in [5.74, 6) is 0. The summed E-state index contributed by atoms with van der Waals surface area (Å²) >= 11 is 0. The van der Waals surface area contributed by atoms with Gasteiger partial charge >= 0.3 is 6.09 Å². The molecular formula is C12H22N3O3Y-. The van der Waals surface area contributed by atoms with Gasteiger partial charge in [-0.1, -0.05) is 6.42 Å². The Labute approximate surface area is 139 Å². The predicted molar refractivity (Wildman–Crippen MR) is 68.3 cm³/mol. The molecule has 0 spiro atoms. The Morgan fingerprint density at radius 3 is 1.95 bits per heavy atom. The van der Waals surface area contributed by atoms with Crippen molar-refractivity contribution in [3.8, 4) is 0 Å². The molecule has 107 valence electrons. The van der Waals surface area contributed by atoms with Gasteiger partial charge in [0.25, 0.3) is 0 Å². The van der Waals surface area contributed by atoms with Crippen molar-refractivity contribution in [3.63, 3.8) is 0 Å². The monoisotopic (exact) mass is 345 g/mol. The van der Waals surface area contributed by atoms with Crippen molar-refractivity contribution < 1.29 is 47.0 Å². The third-order valence-electron chi connectivity index (χ3n) is 2.68. The fourth-order valence-corrected chi connectivity index (χ4v) is 1.78. The van der Waals surface area contributed by atoms with Crippen LogP contribution in [-0.4, -0.2) is 53.7 Å². The molecule has 1 heterocycles. The van der Waals surface area contributed by atoms with E-state index in [0.29, 0.717) is 26.2 Å². The maximum Gasteiger partial charge on any atom is 0.410 e. The largest absolute Gasteiger partial charge is 0.447 e. The first-order chi connectivity index (χ1) is 8.29. The molecule has 0 aromatic heterocycles. The summed E-state index contributed by atoms with van der Waals surface area (Å²) in [5.41, 5.74) is 6.60. The van der Waals surface area contributed by atoms with Crippen LogP contribution in [0.15, 0.2) is 0 Å². The number of carbonyl (C=O) groups is 2. The van der Waals surface area contributed by atoms with Crippen molar-refractivity contribution in [1.82, 2.24) is 9.80 Å². The second-order valence-corrected chi connectivity index (χ2v) is 5.47. The van der Waals surface area contributed by atoms with Crippen LogP contribution in [0.1, 0.15) is 33.6 Å². The minimum Gasteiger partial charge on any atom is -0.447 e. The molecule has 0 bridgehead atoms. The zero-order valence-electron chi connectivity index (χ0n) is 11.9. The normalized spacial score (nSPS) is 17.0. The van der Waals surface area contributed by atoms with Crippen LogP contribution in [0.4, 0.5) is 9.59 Å². The van der Waals surface area contributed by atoms with Crippen LogP contribution in [0.3, 0.4) is 0 Å². The molecule has 1 saturated heterocycles. The van der Waals surface area contributed by atoms with Crippen LogP contribution < -0.4 is 0 Å². The smallest absolute Gasteiger partial charge is 0.410 e. The van der Waals surface area contributed by atoms with Gasteiger partial charge < -0.3 is 20.3 Å². The van der Waals surface area contributed by atoms with Crippen molar-refractivity contribution in [2.45, 2.75) is 39.2 Å². The zero-order chi connectivity index (χ0) is 13.8. The minimum absolute atomic E-state index is 0. The van der Waals surface area contributed by atoms with E-state index in [4.69, 9.17) is 10.5 Å². The van der Waals surface area contributed by atoms with Gasteiger partial charge in [-0.2, -0.15) is 0 Å². The Morgan fingerprint density at radius 1 is 1.00 bits per heavy atom. The summed E-state index contributed by atoms with van der Waals surface area (Å²) in [6.07, 6.45) is 1.29. The maximum atomic E-state index is 11.9. The topological polar surface area (TPSA) is 73.7 Å². The molecule has 3 amide bonds. The fraction of sp³-hybridized carbons (Fsp3) is 0.833. The van der Waals surface area contributed by atoms with E-state index in [0.717, 1.165) is 12.8 Å². The number of urea groups is 1. The van der Waals surface area contributed by atoms with E-state index in [9.17, 15) is 9.59 Å². The number of nitrogens with zero attached hydrogens (tertiary/aromatic N) is 2. The van der Waals surface area contributed by atoms with Gasteiger partial charge in [0, 0.05) is 45.8 Å². The molecule has 1 rings (SSSR count). The molecule has 1 radical (unpaired) electrons. The van der Waals surface area contributed by atoms with E-state index >= 15 is 0 Å². The van der Waals surface area contributed by atoms with E-state index in [1.807, 2.05) is 20.8 Å². The Hall–Kier alpha value is -0.356. The number of nitrogens with one attached hydrogen (secondary N) is 1. The molecular weight excluding hydrogens is 323 g/mol. The molecule has 1 fully saturated rings. The molecule has 1 aliphatic heterocycles. The summed E-state index contributed by atoms with van der Waals surface area (Å²) in [6, 6.07) is -0.680. The Bertz CT molecular complexity index is 318. The quantitative estimate of drug-likeness (QED) is 0.677. The van der Waals surface area contributed by atoms with Crippen LogP contribution in [0.25, 0.3) is 5.73 Å². The summed E-state index contributed by atoms with van der Waals surface area (Å²) in [6.45, 7) is 7.57. The minimum atomic E-state index is -0.680. The SMILES string of the molecule is CC(C)(C)OC(=O)N1CCCCN(C([NH-])=O)CC1.[Y]. The van der Waals surface area contributed by atoms with Gasteiger partial charge in [0.15, 0.2) is 6.03 Å². The van der Waals surface area contributed by atoms with Gasteiger partial charge in [-0.3, -0.25) is 4.79 Å². The first-order valence-electron chi connectivity index (χ1n) is 6.28. The molecule has 1 N–H and O–H groups in total. The van der Waals surface area contributed by atoms with Crippen LogP contribution in [0, 0.1) is 0 Å². The molecule has 7 heteroatoms. The summed E-state index contributed by atoms with van der Waals surface area (Å²) in [5, 5.41) is 0. The number of hydrogen-bond acceptors (Lipinski definition) is 3. The van der Waals surface area contributed by atoms with E-state index in [1.54, 1.807) is 4.90 Å². The number of rotatable bonds is 0. The average molecular weight is 345 g/mol. The van der Waals surface area contributed by atoms with Crippen molar-refractivity contribution >= 4 is 12.1 Å². The third kappa shape index (κ3) is 7.11. The van der Waals surface area contributed by atoms with E-state index in [2.05, 4.69) is 0 Å². The van der Waals surface area contributed by atoms with Gasteiger partial charge in [0.2, 0.25) is 0 Å². The van der Waals surface area contributed by atoms with Gasteiger partial charge in [0.05, 0.1) is 0 Å². The molecule has 0 saturated carbocycles. The van der Waals surface area contributed by atoms with Crippen LogP contribution in [-0.2, 0) is 37.4 Å². The van der Waals surface area contributed by atoms with Crippen LogP contribution >= 0.6 is 0 Å². The van der Waals surface area contributed by atoms with Crippen molar-refractivity contribution in [3.05, 3.63) is 5.73 Å². The second kappa shape index (κ2) is 8.05. The summed E-state index contributed by atoms with van der Waals surface area (Å²) in [4.78, 5) is 26.0.